The molecule has 3 aromatic rings. The van der Waals surface area contributed by atoms with Gasteiger partial charge in [0.15, 0.2) is 6.10 Å². The number of sulfonamides is 2. The Kier molecular flexibility index (Phi) is 7.31. The molecule has 1 heterocycles. The lowest BCUT2D eigenvalue weighted by atomic mass is 10.2. The van der Waals surface area contributed by atoms with Crippen LogP contribution in [0.2, 0.25) is 15.1 Å². The number of carbonyl (C=O) groups is 1. The molecule has 9 nitrogen and oxygen atoms in total. The van der Waals surface area contributed by atoms with Crippen LogP contribution in [0.15, 0.2) is 65.6 Å². The standard InChI is InChI=1S/C22H18Cl3N3O6S2/c1-35(30,31)28-12-21(34-20-7-2-13(23)11-19(20)28)22(29)26-16-3-5-18(6-4-16)36(32,33)27-17-9-14(24)8-15(25)10-17/h2-11,21,27H,12H2,1H3,(H,26,29). The van der Waals surface area contributed by atoms with Crippen LogP contribution in [0.5, 0.6) is 5.75 Å². The Labute approximate surface area is 223 Å². The van der Waals surface area contributed by atoms with Crippen LogP contribution in [-0.2, 0) is 24.8 Å². The molecule has 1 aliphatic heterocycles. The van der Waals surface area contributed by atoms with Crippen LogP contribution in [0.4, 0.5) is 17.1 Å². The monoisotopic (exact) mass is 589 g/mol. The summed E-state index contributed by atoms with van der Waals surface area (Å²) in [5.74, 6) is -0.434. The van der Waals surface area contributed by atoms with Gasteiger partial charge in [-0.25, -0.2) is 16.8 Å². The maximum absolute atomic E-state index is 12.9. The topological polar surface area (TPSA) is 122 Å². The highest BCUT2D eigenvalue weighted by Crippen LogP contribution is 2.37. The summed E-state index contributed by atoms with van der Waals surface area (Å²) < 4.78 is 59.1. The van der Waals surface area contributed by atoms with E-state index < -0.39 is 32.1 Å². The van der Waals surface area contributed by atoms with Gasteiger partial charge in [0.1, 0.15) is 5.75 Å². The SMILES string of the molecule is CS(=O)(=O)N1CC(C(=O)Nc2ccc(S(=O)(=O)Nc3cc(Cl)cc(Cl)c3)cc2)Oc2ccc(Cl)cc21. The van der Waals surface area contributed by atoms with Crippen LogP contribution < -0.4 is 19.1 Å². The minimum Gasteiger partial charge on any atom is -0.476 e. The fraction of sp³-hybridized carbons (Fsp3) is 0.136. The van der Waals surface area contributed by atoms with E-state index in [2.05, 4.69) is 10.0 Å². The Bertz CT molecular complexity index is 1530. The predicted octanol–water partition coefficient (Wildman–Crippen LogP) is 4.61. The Morgan fingerprint density at radius 2 is 1.53 bits per heavy atom. The number of benzene rings is 3. The summed E-state index contributed by atoms with van der Waals surface area (Å²) in [6.07, 6.45) is -0.145. The number of hydrogen-bond acceptors (Lipinski definition) is 6. The van der Waals surface area contributed by atoms with Crippen molar-refractivity contribution in [3.63, 3.8) is 0 Å². The number of hydrogen-bond donors (Lipinski definition) is 2. The van der Waals surface area contributed by atoms with Crippen LogP contribution in [-0.4, -0.2) is 41.6 Å². The first-order chi connectivity index (χ1) is 16.8. The van der Waals surface area contributed by atoms with Crippen LogP contribution >= 0.6 is 34.8 Å². The highest BCUT2D eigenvalue weighted by atomic mass is 35.5. The van der Waals surface area contributed by atoms with Crippen molar-refractivity contribution in [1.82, 2.24) is 0 Å². The van der Waals surface area contributed by atoms with Crippen LogP contribution in [0.3, 0.4) is 0 Å². The molecule has 1 aliphatic rings. The fourth-order valence-corrected chi connectivity index (χ4v) is 6.08. The first kappa shape index (κ1) is 26.4. The van der Waals surface area contributed by atoms with Gasteiger partial charge in [-0.1, -0.05) is 34.8 Å². The van der Waals surface area contributed by atoms with Crippen LogP contribution in [0.25, 0.3) is 0 Å². The predicted molar refractivity (Wildman–Crippen MR) is 140 cm³/mol. The third-order valence-corrected chi connectivity index (χ3v) is 8.25. The number of anilines is 3. The molecule has 0 spiro atoms. The summed E-state index contributed by atoms with van der Waals surface area (Å²) in [6.45, 7) is -0.267. The van der Waals surface area contributed by atoms with Gasteiger partial charge in [0.2, 0.25) is 10.0 Å². The van der Waals surface area contributed by atoms with Gasteiger partial charge in [0.05, 0.1) is 29.1 Å². The van der Waals surface area contributed by atoms with E-state index in [9.17, 15) is 21.6 Å². The molecule has 1 amide bonds. The number of carbonyl (C=O) groups excluding carboxylic acids is 1. The van der Waals surface area contributed by atoms with Crippen molar-refractivity contribution in [3.05, 3.63) is 75.7 Å². The van der Waals surface area contributed by atoms with Gasteiger partial charge in [-0.2, -0.15) is 0 Å². The number of ether oxygens (including phenoxy) is 1. The molecule has 2 N–H and O–H groups in total. The summed E-state index contributed by atoms with van der Waals surface area (Å²) in [7, 11) is -7.69. The van der Waals surface area contributed by atoms with Gasteiger partial charge in [0.25, 0.3) is 15.9 Å². The molecule has 36 heavy (non-hydrogen) atoms. The largest absolute Gasteiger partial charge is 0.476 e. The van der Waals surface area contributed by atoms with Crippen molar-refractivity contribution in [3.8, 4) is 5.75 Å². The Hall–Kier alpha value is -2.70. The highest BCUT2D eigenvalue weighted by Gasteiger charge is 2.35. The highest BCUT2D eigenvalue weighted by molar-refractivity contribution is 7.92. The van der Waals surface area contributed by atoms with E-state index in [4.69, 9.17) is 39.5 Å². The Morgan fingerprint density at radius 3 is 2.14 bits per heavy atom. The molecular weight excluding hydrogens is 573 g/mol. The molecule has 14 heteroatoms. The average molecular weight is 591 g/mol. The summed E-state index contributed by atoms with van der Waals surface area (Å²) >= 11 is 17.8. The van der Waals surface area contributed by atoms with Crippen molar-refractivity contribution in [1.29, 1.82) is 0 Å². The lowest BCUT2D eigenvalue weighted by Gasteiger charge is -2.34. The van der Waals surface area contributed by atoms with Crippen LogP contribution in [0.1, 0.15) is 0 Å². The molecule has 1 unspecified atom stereocenters. The number of halogens is 3. The van der Waals surface area contributed by atoms with Crippen molar-refractivity contribution >= 4 is 77.8 Å². The van der Waals surface area contributed by atoms with Gasteiger partial charge in [-0.05, 0) is 60.7 Å². The van der Waals surface area contributed by atoms with Crippen LogP contribution in [0, 0.1) is 0 Å². The summed E-state index contributed by atoms with van der Waals surface area (Å²) in [6, 6.07) is 14.1. The molecular formula is C22H18Cl3N3O6S2. The van der Waals surface area contributed by atoms with E-state index in [1.54, 1.807) is 0 Å². The quantitative estimate of drug-likeness (QED) is 0.432. The second kappa shape index (κ2) is 9.98. The maximum Gasteiger partial charge on any atom is 0.267 e. The zero-order valence-electron chi connectivity index (χ0n) is 18.4. The van der Waals surface area contributed by atoms with Gasteiger partial charge in [-0.3, -0.25) is 13.8 Å². The second-order valence-electron chi connectivity index (χ2n) is 7.79. The minimum absolute atomic E-state index is 0.0698. The smallest absolute Gasteiger partial charge is 0.267 e. The van der Waals surface area contributed by atoms with Crippen molar-refractivity contribution in [2.75, 3.05) is 27.1 Å². The van der Waals surface area contributed by atoms with Crippen molar-refractivity contribution in [2.24, 2.45) is 0 Å². The van der Waals surface area contributed by atoms with E-state index >= 15 is 0 Å². The molecule has 1 atom stereocenters. The maximum atomic E-state index is 12.9. The van der Waals surface area contributed by atoms with Gasteiger partial charge in [-0.15, -0.1) is 0 Å². The zero-order valence-corrected chi connectivity index (χ0v) is 22.3. The van der Waals surface area contributed by atoms with E-state index in [0.717, 1.165) is 10.6 Å². The summed E-state index contributed by atoms with van der Waals surface area (Å²) in [5.41, 5.74) is 0.703. The third-order valence-electron chi connectivity index (χ3n) is 5.03. The second-order valence-corrected chi connectivity index (χ2v) is 12.7. The average Bonchev–Trinajstić information content (AvgIpc) is 2.77. The number of fused-ring (bicyclic) bond motifs is 1. The van der Waals surface area contributed by atoms with E-state index in [1.807, 2.05) is 0 Å². The van der Waals surface area contributed by atoms with E-state index in [-0.39, 0.29) is 44.3 Å². The normalized spacial score (nSPS) is 15.6. The molecule has 0 bridgehead atoms. The molecule has 0 saturated heterocycles. The molecule has 0 fully saturated rings. The lowest BCUT2D eigenvalue weighted by molar-refractivity contribution is -0.122. The molecule has 4 rings (SSSR count). The molecule has 0 aromatic heterocycles. The first-order valence-corrected chi connectivity index (χ1v) is 14.6. The number of rotatable bonds is 6. The number of nitrogens with zero attached hydrogens (tertiary/aromatic N) is 1. The van der Waals surface area contributed by atoms with Gasteiger partial charge < -0.3 is 10.1 Å². The number of amides is 1. The van der Waals surface area contributed by atoms with Crippen molar-refractivity contribution < 1.29 is 26.4 Å². The fourth-order valence-electron chi connectivity index (χ4n) is 3.44. The zero-order chi connectivity index (χ0) is 26.3. The molecule has 190 valence electrons. The Balaban J connectivity index is 1.49. The molecule has 0 aliphatic carbocycles. The third kappa shape index (κ3) is 5.98. The van der Waals surface area contributed by atoms with Gasteiger partial charge >= 0.3 is 0 Å². The van der Waals surface area contributed by atoms with E-state index in [1.165, 1.54) is 60.7 Å². The van der Waals surface area contributed by atoms with E-state index in [0.29, 0.717) is 5.02 Å². The van der Waals surface area contributed by atoms with Gasteiger partial charge in [0, 0.05) is 20.8 Å². The van der Waals surface area contributed by atoms with Crippen molar-refractivity contribution in [2.45, 2.75) is 11.0 Å². The lowest BCUT2D eigenvalue weighted by Crippen LogP contribution is -2.48. The summed E-state index contributed by atoms with van der Waals surface area (Å²) in [4.78, 5) is 12.8. The summed E-state index contributed by atoms with van der Waals surface area (Å²) in [5, 5.41) is 3.46. The molecule has 0 saturated carbocycles. The Morgan fingerprint density at radius 1 is 0.889 bits per heavy atom. The molecule has 3 aromatic carbocycles. The molecule has 0 radical (unpaired) electrons. The first-order valence-electron chi connectivity index (χ1n) is 10.2. The minimum atomic E-state index is -3.96. The number of nitrogens with one attached hydrogen (secondary N) is 2.